The highest BCUT2D eigenvalue weighted by Crippen LogP contribution is 2.46. The third-order valence-electron chi connectivity index (χ3n) is 3.35. The Labute approximate surface area is 77.1 Å². The van der Waals surface area contributed by atoms with Crippen LogP contribution in [0.1, 0.15) is 37.5 Å². The number of nitrogens with two attached hydrogens (primary N) is 1. The molecule has 0 aromatic carbocycles. The molecule has 70 valence electrons. The molecular weight excluding hydrogens is 164 g/mol. The molecule has 2 N–H and O–H groups in total. The molecule has 1 aliphatic carbocycles. The zero-order valence-electron chi connectivity index (χ0n) is 7.61. The van der Waals surface area contributed by atoms with Gasteiger partial charge in [-0.25, -0.2) is 0 Å². The summed E-state index contributed by atoms with van der Waals surface area (Å²) in [7, 11) is 0. The van der Waals surface area contributed by atoms with Crippen molar-refractivity contribution in [2.45, 2.75) is 43.7 Å². The minimum Gasteiger partial charge on any atom is -0.323 e. The van der Waals surface area contributed by atoms with Crippen molar-refractivity contribution in [1.29, 1.82) is 0 Å². The molecule has 0 amide bonds. The Morgan fingerprint density at radius 3 is 3.15 bits per heavy atom. The summed E-state index contributed by atoms with van der Waals surface area (Å²) in [5.41, 5.74) is 6.29. The molecule has 0 bridgehead atoms. The Morgan fingerprint density at radius 2 is 2.38 bits per heavy atom. The van der Waals surface area contributed by atoms with Crippen molar-refractivity contribution in [1.82, 2.24) is 14.8 Å². The van der Waals surface area contributed by atoms with Crippen LogP contribution in [0.3, 0.4) is 0 Å². The van der Waals surface area contributed by atoms with Gasteiger partial charge in [0.15, 0.2) is 0 Å². The maximum absolute atomic E-state index is 6.22. The van der Waals surface area contributed by atoms with Gasteiger partial charge in [0.25, 0.3) is 0 Å². The van der Waals surface area contributed by atoms with E-state index in [9.17, 15) is 0 Å². The summed E-state index contributed by atoms with van der Waals surface area (Å²) in [4.78, 5) is 0. The van der Waals surface area contributed by atoms with E-state index in [1.165, 1.54) is 12.8 Å². The van der Waals surface area contributed by atoms with Gasteiger partial charge in [-0.3, -0.25) is 0 Å². The van der Waals surface area contributed by atoms with Crippen molar-refractivity contribution in [3.63, 3.8) is 0 Å². The Morgan fingerprint density at radius 1 is 1.54 bits per heavy atom. The van der Waals surface area contributed by atoms with Gasteiger partial charge in [0.2, 0.25) is 0 Å². The fourth-order valence-electron chi connectivity index (χ4n) is 2.34. The molecule has 4 heteroatoms. The van der Waals surface area contributed by atoms with Crippen molar-refractivity contribution in [2.75, 3.05) is 0 Å². The first-order valence-electron chi connectivity index (χ1n) is 4.97. The van der Waals surface area contributed by atoms with Crippen molar-refractivity contribution < 1.29 is 0 Å². The molecule has 1 fully saturated rings. The predicted molar refractivity (Wildman–Crippen MR) is 48.1 cm³/mol. The molecule has 1 aromatic rings. The van der Waals surface area contributed by atoms with Crippen LogP contribution in [-0.2, 0) is 6.42 Å². The normalized spacial score (nSPS) is 29.8. The number of rotatable bonds is 1. The van der Waals surface area contributed by atoms with Crippen molar-refractivity contribution >= 4 is 0 Å². The number of aryl methyl sites for hydroxylation is 1. The van der Waals surface area contributed by atoms with Crippen LogP contribution in [0.4, 0.5) is 0 Å². The fourth-order valence-corrected chi connectivity index (χ4v) is 2.34. The van der Waals surface area contributed by atoms with Gasteiger partial charge in [0.1, 0.15) is 12.2 Å². The highest BCUT2D eigenvalue weighted by molar-refractivity contribution is 5.10. The second-order valence-electron chi connectivity index (χ2n) is 4.30. The minimum absolute atomic E-state index is 0.0670. The van der Waals surface area contributed by atoms with E-state index >= 15 is 0 Å². The zero-order valence-corrected chi connectivity index (χ0v) is 7.61. The van der Waals surface area contributed by atoms with E-state index in [4.69, 9.17) is 5.73 Å². The molecule has 3 rings (SSSR count). The van der Waals surface area contributed by atoms with Gasteiger partial charge in [0.05, 0.1) is 6.04 Å². The highest BCUT2D eigenvalue weighted by Gasteiger charge is 2.47. The molecule has 1 atom stereocenters. The molecule has 0 spiro atoms. The SMILES string of the molecule is NC1(C2CCCc3nncn32)CC1. The van der Waals surface area contributed by atoms with Gasteiger partial charge in [-0.2, -0.15) is 0 Å². The average Bonchev–Trinajstić information content (AvgIpc) is 2.72. The quantitative estimate of drug-likeness (QED) is 0.686. The van der Waals surface area contributed by atoms with Crippen LogP contribution in [0, 0.1) is 0 Å². The van der Waals surface area contributed by atoms with Crippen molar-refractivity contribution in [3.8, 4) is 0 Å². The van der Waals surface area contributed by atoms with E-state index in [2.05, 4.69) is 14.8 Å². The van der Waals surface area contributed by atoms with Crippen LogP contribution in [0.5, 0.6) is 0 Å². The first-order valence-corrected chi connectivity index (χ1v) is 4.97. The van der Waals surface area contributed by atoms with Crippen molar-refractivity contribution in [2.24, 2.45) is 5.73 Å². The van der Waals surface area contributed by atoms with Crippen LogP contribution in [-0.4, -0.2) is 20.3 Å². The molecule has 13 heavy (non-hydrogen) atoms. The summed E-state index contributed by atoms with van der Waals surface area (Å²) >= 11 is 0. The number of nitrogens with zero attached hydrogens (tertiary/aromatic N) is 3. The second-order valence-corrected chi connectivity index (χ2v) is 4.30. The third kappa shape index (κ3) is 1.01. The van der Waals surface area contributed by atoms with Gasteiger partial charge < -0.3 is 10.3 Å². The topological polar surface area (TPSA) is 56.7 Å². The second kappa shape index (κ2) is 2.32. The molecule has 2 aliphatic rings. The molecule has 1 aromatic heterocycles. The van der Waals surface area contributed by atoms with Crippen molar-refractivity contribution in [3.05, 3.63) is 12.2 Å². The third-order valence-corrected chi connectivity index (χ3v) is 3.35. The average molecular weight is 178 g/mol. The predicted octanol–water partition coefficient (Wildman–Crippen LogP) is 0.647. The summed E-state index contributed by atoms with van der Waals surface area (Å²) in [5, 5.41) is 8.06. The summed E-state index contributed by atoms with van der Waals surface area (Å²) in [5.74, 6) is 1.12. The molecule has 1 aliphatic heterocycles. The standard InChI is InChI=1S/C9H14N4/c10-9(4-5-9)7-2-1-3-8-12-11-6-13(7)8/h6-7H,1-5,10H2. The Kier molecular flexibility index (Phi) is 1.34. The van der Waals surface area contributed by atoms with Gasteiger partial charge >= 0.3 is 0 Å². The molecule has 0 radical (unpaired) electrons. The van der Waals surface area contributed by atoms with Gasteiger partial charge in [-0.1, -0.05) is 0 Å². The summed E-state index contributed by atoms with van der Waals surface area (Å²) in [6, 6.07) is 0.464. The smallest absolute Gasteiger partial charge is 0.133 e. The fraction of sp³-hybridized carbons (Fsp3) is 0.778. The lowest BCUT2D eigenvalue weighted by atomic mass is 9.96. The van der Waals surface area contributed by atoms with Crippen LogP contribution in [0.25, 0.3) is 0 Å². The van der Waals surface area contributed by atoms with E-state index in [1.54, 1.807) is 0 Å². The molecule has 1 unspecified atom stereocenters. The van der Waals surface area contributed by atoms with Gasteiger partial charge in [0, 0.05) is 12.0 Å². The molecule has 2 heterocycles. The lowest BCUT2D eigenvalue weighted by Gasteiger charge is -2.29. The van der Waals surface area contributed by atoms with Crippen LogP contribution < -0.4 is 5.73 Å². The molecule has 4 nitrogen and oxygen atoms in total. The van der Waals surface area contributed by atoms with Crippen LogP contribution in [0.2, 0.25) is 0 Å². The maximum Gasteiger partial charge on any atom is 0.133 e. The summed E-state index contributed by atoms with van der Waals surface area (Å²) in [6.07, 6.45) is 7.63. The zero-order chi connectivity index (χ0) is 8.89. The van der Waals surface area contributed by atoms with E-state index < -0.39 is 0 Å². The van der Waals surface area contributed by atoms with E-state index in [0.29, 0.717) is 6.04 Å². The minimum atomic E-state index is 0.0670. The molecule has 0 saturated heterocycles. The number of aromatic nitrogens is 3. The highest BCUT2D eigenvalue weighted by atomic mass is 15.3. The molecular formula is C9H14N4. The largest absolute Gasteiger partial charge is 0.323 e. The Balaban J connectivity index is 2.00. The van der Waals surface area contributed by atoms with E-state index in [0.717, 1.165) is 25.1 Å². The monoisotopic (exact) mass is 178 g/mol. The van der Waals surface area contributed by atoms with E-state index in [1.807, 2.05) is 6.33 Å². The molecule has 1 saturated carbocycles. The summed E-state index contributed by atoms with van der Waals surface area (Å²) < 4.78 is 2.19. The lowest BCUT2D eigenvalue weighted by Crippen LogP contribution is -2.37. The maximum atomic E-state index is 6.22. The first-order chi connectivity index (χ1) is 6.30. The van der Waals surface area contributed by atoms with Crippen LogP contribution in [0.15, 0.2) is 6.33 Å². The van der Waals surface area contributed by atoms with Crippen LogP contribution >= 0.6 is 0 Å². The Bertz CT molecular complexity index is 326. The van der Waals surface area contributed by atoms with Gasteiger partial charge in [-0.05, 0) is 25.7 Å². The first kappa shape index (κ1) is 7.50. The summed E-state index contributed by atoms with van der Waals surface area (Å²) in [6.45, 7) is 0. The Hall–Kier alpha value is -0.900. The van der Waals surface area contributed by atoms with E-state index in [-0.39, 0.29) is 5.54 Å². The number of fused-ring (bicyclic) bond motifs is 1. The lowest BCUT2D eigenvalue weighted by molar-refractivity contribution is 0.323. The number of hydrogen-bond acceptors (Lipinski definition) is 3. The number of hydrogen-bond donors (Lipinski definition) is 1. The van der Waals surface area contributed by atoms with Gasteiger partial charge in [-0.15, -0.1) is 10.2 Å².